The molecule has 0 atom stereocenters. The van der Waals surface area contributed by atoms with Crippen LogP contribution in [0, 0.1) is 0 Å². The van der Waals surface area contributed by atoms with E-state index in [-0.39, 0.29) is 0 Å². The summed E-state index contributed by atoms with van der Waals surface area (Å²) in [5, 5.41) is 0. The van der Waals surface area contributed by atoms with Gasteiger partial charge in [0.15, 0.2) is 0 Å². The van der Waals surface area contributed by atoms with Gasteiger partial charge in [-0.15, -0.1) is 0 Å². The maximum Gasteiger partial charge on any atom is 0.236 e. The van der Waals surface area contributed by atoms with Crippen molar-refractivity contribution in [3.63, 3.8) is 0 Å². The van der Waals surface area contributed by atoms with Gasteiger partial charge in [0.2, 0.25) is 10.0 Å². The van der Waals surface area contributed by atoms with Crippen LogP contribution in [0.15, 0.2) is 51.7 Å². The van der Waals surface area contributed by atoms with E-state index in [2.05, 4.69) is 36.8 Å². The van der Waals surface area contributed by atoms with Crippen LogP contribution in [-0.4, -0.2) is 19.7 Å². The van der Waals surface area contributed by atoms with Gasteiger partial charge in [0.1, 0.15) is 4.60 Å². The third-order valence-corrected chi connectivity index (χ3v) is 4.70. The molecule has 2 rings (SSSR count). The van der Waals surface area contributed by atoms with Crippen molar-refractivity contribution < 1.29 is 8.42 Å². The predicted molar refractivity (Wildman–Crippen MR) is 83.1 cm³/mol. The minimum Gasteiger partial charge on any atom is -0.247 e. The van der Waals surface area contributed by atoms with Crippen molar-refractivity contribution in [1.29, 1.82) is 0 Å². The monoisotopic (exact) mass is 404 g/mol. The first kappa shape index (κ1) is 14.5. The van der Waals surface area contributed by atoms with Crippen LogP contribution in [0.5, 0.6) is 0 Å². The van der Waals surface area contributed by atoms with Gasteiger partial charge in [0, 0.05) is 10.7 Å². The molecule has 0 aliphatic carbocycles. The van der Waals surface area contributed by atoms with Crippen molar-refractivity contribution in [2.75, 3.05) is 10.6 Å². The van der Waals surface area contributed by atoms with E-state index in [4.69, 9.17) is 0 Å². The molecule has 0 bridgehead atoms. The molecule has 0 saturated heterocycles. The number of hydrogen-bond acceptors (Lipinski definition) is 3. The Bertz CT molecular complexity index is 659. The van der Waals surface area contributed by atoms with Crippen molar-refractivity contribution in [2.24, 2.45) is 0 Å². The summed E-state index contributed by atoms with van der Waals surface area (Å²) < 4.78 is 26.6. The smallest absolute Gasteiger partial charge is 0.236 e. The van der Waals surface area contributed by atoms with Crippen molar-refractivity contribution in [3.8, 4) is 0 Å². The second-order valence-electron chi connectivity index (χ2n) is 3.79. The van der Waals surface area contributed by atoms with Gasteiger partial charge >= 0.3 is 0 Å². The van der Waals surface area contributed by atoms with Crippen LogP contribution < -0.4 is 4.31 Å². The number of halogens is 2. The third-order valence-electron chi connectivity index (χ3n) is 2.36. The summed E-state index contributed by atoms with van der Waals surface area (Å²) in [4.78, 5) is 4.06. The number of para-hydroxylation sites is 1. The summed E-state index contributed by atoms with van der Waals surface area (Å²) in [6.45, 7) is 0. The predicted octanol–water partition coefficient (Wildman–Crippen LogP) is 3.70. The molecule has 0 radical (unpaired) electrons. The van der Waals surface area contributed by atoms with Crippen LogP contribution in [0.2, 0.25) is 0 Å². The SMILES string of the molecule is CS(=O)(=O)N(c1ccccc1Br)c1cccnc1Br. The molecule has 100 valence electrons. The molecule has 0 fully saturated rings. The first-order valence-corrected chi connectivity index (χ1v) is 8.70. The maximum atomic E-state index is 12.1. The zero-order valence-electron chi connectivity index (χ0n) is 9.92. The summed E-state index contributed by atoms with van der Waals surface area (Å²) in [5.74, 6) is 0. The lowest BCUT2D eigenvalue weighted by molar-refractivity contribution is 0.602. The molecule has 0 unspecified atom stereocenters. The molecule has 0 amide bonds. The Balaban J connectivity index is 2.70. The summed E-state index contributed by atoms with van der Waals surface area (Å²) >= 11 is 6.65. The van der Waals surface area contributed by atoms with Gasteiger partial charge in [-0.2, -0.15) is 0 Å². The molecule has 0 aliphatic heterocycles. The number of rotatable bonds is 3. The average Bonchev–Trinajstić information content (AvgIpc) is 2.33. The van der Waals surface area contributed by atoms with Crippen molar-refractivity contribution in [3.05, 3.63) is 51.7 Å². The fourth-order valence-electron chi connectivity index (χ4n) is 1.63. The normalized spacial score (nSPS) is 11.3. The highest BCUT2D eigenvalue weighted by Gasteiger charge is 2.23. The van der Waals surface area contributed by atoms with E-state index >= 15 is 0 Å². The van der Waals surface area contributed by atoms with Gasteiger partial charge in [-0.25, -0.2) is 17.7 Å². The fraction of sp³-hybridized carbons (Fsp3) is 0.0833. The third kappa shape index (κ3) is 3.16. The Morgan fingerprint density at radius 3 is 2.26 bits per heavy atom. The highest BCUT2D eigenvalue weighted by atomic mass is 79.9. The summed E-state index contributed by atoms with van der Waals surface area (Å²) in [7, 11) is -3.48. The molecule has 7 heteroatoms. The number of nitrogens with zero attached hydrogens (tertiary/aromatic N) is 2. The lowest BCUT2D eigenvalue weighted by Gasteiger charge is -2.24. The fourth-order valence-corrected chi connectivity index (χ4v) is 3.78. The molecule has 2 aromatic rings. The minimum atomic E-state index is -3.48. The highest BCUT2D eigenvalue weighted by Crippen LogP contribution is 2.36. The van der Waals surface area contributed by atoms with E-state index in [0.29, 0.717) is 20.5 Å². The van der Waals surface area contributed by atoms with Gasteiger partial charge in [-0.05, 0) is 56.1 Å². The number of sulfonamides is 1. The molecule has 1 aromatic heterocycles. The molecule has 0 N–H and O–H groups in total. The largest absolute Gasteiger partial charge is 0.247 e. The van der Waals surface area contributed by atoms with Gasteiger partial charge in [-0.1, -0.05) is 12.1 Å². The lowest BCUT2D eigenvalue weighted by Crippen LogP contribution is -2.25. The van der Waals surface area contributed by atoms with Crippen LogP contribution in [0.3, 0.4) is 0 Å². The van der Waals surface area contributed by atoms with E-state index in [9.17, 15) is 8.42 Å². The van der Waals surface area contributed by atoms with Crippen LogP contribution >= 0.6 is 31.9 Å². The second-order valence-corrected chi connectivity index (χ2v) is 7.23. The summed E-state index contributed by atoms with van der Waals surface area (Å²) in [6, 6.07) is 10.5. The molecule has 4 nitrogen and oxygen atoms in total. The van der Waals surface area contributed by atoms with Gasteiger partial charge in [0.05, 0.1) is 17.6 Å². The molecular weight excluding hydrogens is 396 g/mol. The van der Waals surface area contributed by atoms with E-state index in [1.165, 1.54) is 4.31 Å². The first-order valence-electron chi connectivity index (χ1n) is 5.26. The van der Waals surface area contributed by atoms with Crippen molar-refractivity contribution >= 4 is 53.3 Å². The summed E-state index contributed by atoms with van der Waals surface area (Å²) in [5.41, 5.74) is 1.01. The Kier molecular flexibility index (Phi) is 4.27. The number of benzene rings is 1. The van der Waals surface area contributed by atoms with Crippen LogP contribution in [-0.2, 0) is 10.0 Å². The average molecular weight is 406 g/mol. The maximum absolute atomic E-state index is 12.1. The Labute approximate surface area is 128 Å². The number of aromatic nitrogens is 1. The molecular formula is C12H10Br2N2O2S. The molecule has 0 aliphatic rings. The summed E-state index contributed by atoms with van der Waals surface area (Å²) in [6.07, 6.45) is 2.75. The second kappa shape index (κ2) is 5.60. The topological polar surface area (TPSA) is 50.3 Å². The van der Waals surface area contributed by atoms with E-state index in [1.807, 2.05) is 6.07 Å². The zero-order valence-corrected chi connectivity index (χ0v) is 13.9. The first-order chi connectivity index (χ1) is 8.91. The molecule has 0 spiro atoms. The van der Waals surface area contributed by atoms with Crippen LogP contribution in [0.4, 0.5) is 11.4 Å². The Hall–Kier alpha value is -0.920. The standard InChI is InChI=1S/C12H10Br2N2O2S/c1-19(17,18)16(10-6-3-2-5-9(10)13)11-7-4-8-15-12(11)14/h2-8H,1H3. The van der Waals surface area contributed by atoms with E-state index < -0.39 is 10.0 Å². The quantitative estimate of drug-likeness (QED) is 0.731. The lowest BCUT2D eigenvalue weighted by atomic mass is 10.3. The van der Waals surface area contributed by atoms with E-state index in [0.717, 1.165) is 6.26 Å². The molecule has 1 heterocycles. The Morgan fingerprint density at radius 2 is 1.68 bits per heavy atom. The number of hydrogen-bond donors (Lipinski definition) is 0. The van der Waals surface area contributed by atoms with Crippen LogP contribution in [0.25, 0.3) is 0 Å². The molecule has 19 heavy (non-hydrogen) atoms. The van der Waals surface area contributed by atoms with Gasteiger partial charge < -0.3 is 0 Å². The van der Waals surface area contributed by atoms with Crippen molar-refractivity contribution in [2.45, 2.75) is 0 Å². The number of pyridine rings is 1. The van der Waals surface area contributed by atoms with Gasteiger partial charge in [-0.3, -0.25) is 0 Å². The van der Waals surface area contributed by atoms with Crippen LogP contribution in [0.1, 0.15) is 0 Å². The van der Waals surface area contributed by atoms with E-state index in [1.54, 1.807) is 36.5 Å². The highest BCUT2D eigenvalue weighted by molar-refractivity contribution is 9.11. The molecule has 0 saturated carbocycles. The minimum absolute atomic E-state index is 0.469. The zero-order chi connectivity index (χ0) is 14.0. The Morgan fingerprint density at radius 1 is 1.05 bits per heavy atom. The number of anilines is 2. The van der Waals surface area contributed by atoms with Gasteiger partial charge in [0.25, 0.3) is 0 Å². The van der Waals surface area contributed by atoms with Crippen molar-refractivity contribution in [1.82, 2.24) is 4.98 Å². The molecule has 1 aromatic carbocycles.